The second kappa shape index (κ2) is 12.1. The van der Waals surface area contributed by atoms with Crippen LogP contribution in [0.2, 0.25) is 0 Å². The zero-order valence-electron chi connectivity index (χ0n) is 33.4. The Hall–Kier alpha value is -6.90. The molecule has 59 heavy (non-hydrogen) atoms. The molecule has 0 radical (unpaired) electrons. The Labute approximate surface area is 343 Å². The van der Waals surface area contributed by atoms with Crippen LogP contribution >= 0.6 is 0 Å². The number of aromatic nitrogens is 2. The summed E-state index contributed by atoms with van der Waals surface area (Å²) >= 11 is 0. The van der Waals surface area contributed by atoms with Gasteiger partial charge in [0, 0.05) is 63.1 Å². The summed E-state index contributed by atoms with van der Waals surface area (Å²) in [6.45, 7) is 0. The van der Waals surface area contributed by atoms with Gasteiger partial charge in [0.05, 0.1) is 0 Å². The van der Waals surface area contributed by atoms with Gasteiger partial charge in [-0.25, -0.2) is 0 Å². The van der Waals surface area contributed by atoms with E-state index < -0.39 is 0 Å². The van der Waals surface area contributed by atoms with Crippen LogP contribution in [0.25, 0.3) is 110 Å². The first kappa shape index (κ1) is 33.1. The van der Waals surface area contributed by atoms with Gasteiger partial charge >= 0.3 is 0 Å². The molecule has 2 aromatic heterocycles. The molecule has 0 aliphatic heterocycles. The van der Waals surface area contributed by atoms with Crippen LogP contribution in [0.15, 0.2) is 170 Å². The third-order valence-corrected chi connectivity index (χ3v) is 14.5. The van der Waals surface area contributed by atoms with Crippen molar-refractivity contribution in [3.63, 3.8) is 0 Å². The number of aryl methyl sites for hydroxylation is 2. The summed E-state index contributed by atoms with van der Waals surface area (Å²) in [5.74, 6) is 0. The highest BCUT2D eigenvalue weighted by atomic mass is 14.9. The van der Waals surface area contributed by atoms with Crippen molar-refractivity contribution >= 4 is 65.2 Å². The maximum absolute atomic E-state index is 2.52. The smallest absolute Gasteiger partial charge is 0.0489 e. The van der Waals surface area contributed by atoms with Crippen molar-refractivity contribution in [1.82, 2.24) is 9.13 Å². The van der Waals surface area contributed by atoms with Crippen LogP contribution in [0.5, 0.6) is 0 Å². The van der Waals surface area contributed by atoms with Gasteiger partial charge in [0.25, 0.3) is 0 Å². The summed E-state index contributed by atoms with van der Waals surface area (Å²) in [5, 5.41) is 10.4. The van der Waals surface area contributed by atoms with Crippen LogP contribution in [0, 0.1) is 0 Å². The molecule has 2 heterocycles. The minimum Gasteiger partial charge on any atom is -0.344 e. The Bertz CT molecular complexity index is 3410. The van der Waals surface area contributed by atoms with Crippen molar-refractivity contribution in [3.8, 4) is 44.5 Å². The van der Waals surface area contributed by atoms with Crippen LogP contribution in [-0.4, -0.2) is 9.13 Å². The Morgan fingerprint density at radius 3 is 1.42 bits per heavy atom. The van der Waals surface area contributed by atoms with Crippen molar-refractivity contribution in [2.75, 3.05) is 0 Å². The van der Waals surface area contributed by atoms with Gasteiger partial charge in [-0.05, 0) is 132 Å². The van der Waals surface area contributed by atoms with Crippen molar-refractivity contribution in [1.29, 1.82) is 0 Å². The van der Waals surface area contributed by atoms with E-state index >= 15 is 0 Å². The molecular formula is C57H42N2. The van der Waals surface area contributed by atoms with E-state index in [2.05, 4.69) is 193 Å². The zero-order chi connectivity index (χ0) is 39.0. The predicted molar refractivity (Wildman–Crippen MR) is 250 cm³/mol. The summed E-state index contributed by atoms with van der Waals surface area (Å²) in [4.78, 5) is 0. The number of para-hydroxylation sites is 2. The maximum atomic E-state index is 2.52. The highest BCUT2D eigenvalue weighted by Gasteiger charge is 2.46. The lowest BCUT2D eigenvalue weighted by atomic mass is 9.73. The lowest BCUT2D eigenvalue weighted by Crippen LogP contribution is -2.21. The van der Waals surface area contributed by atoms with Crippen LogP contribution in [0.4, 0.5) is 0 Å². The van der Waals surface area contributed by atoms with Crippen molar-refractivity contribution in [3.05, 3.63) is 181 Å². The van der Waals surface area contributed by atoms with Crippen molar-refractivity contribution in [2.45, 2.75) is 31.1 Å². The number of fused-ring (bicyclic) bond motifs is 13. The van der Waals surface area contributed by atoms with E-state index in [1.807, 2.05) is 0 Å². The summed E-state index contributed by atoms with van der Waals surface area (Å²) in [6, 6.07) is 64.8. The van der Waals surface area contributed by atoms with Gasteiger partial charge in [-0.2, -0.15) is 0 Å². The molecule has 9 aromatic carbocycles. The highest BCUT2D eigenvalue weighted by molar-refractivity contribution is 6.21. The lowest BCUT2D eigenvalue weighted by Gasteiger charge is -2.30. The third kappa shape index (κ3) is 4.41. The first-order valence-corrected chi connectivity index (χ1v) is 21.3. The average Bonchev–Trinajstić information content (AvgIpc) is 4.04. The zero-order valence-corrected chi connectivity index (χ0v) is 33.4. The molecule has 2 heteroatoms. The second-order valence-corrected chi connectivity index (χ2v) is 17.2. The molecule has 2 nitrogen and oxygen atoms in total. The Morgan fingerprint density at radius 2 is 0.814 bits per heavy atom. The number of hydrogen-bond acceptors (Lipinski definition) is 0. The SMILES string of the molecule is Cn1c2ccccc2c2cc(-c3cccc4c(-c5cccc6c5C5(CCCC5)c5ccccc5-6)c5cccc(-c6ccc7c(c6)c6ccccc6n7C)c5cc34)ccc21. The van der Waals surface area contributed by atoms with Gasteiger partial charge in [-0.1, -0.05) is 140 Å². The van der Waals surface area contributed by atoms with Crippen LogP contribution in [-0.2, 0) is 19.5 Å². The predicted octanol–water partition coefficient (Wildman–Crippen LogP) is 15.1. The van der Waals surface area contributed by atoms with E-state index in [0.29, 0.717) is 0 Å². The minimum absolute atomic E-state index is 0.0328. The molecule has 280 valence electrons. The molecule has 13 rings (SSSR count). The van der Waals surface area contributed by atoms with Crippen LogP contribution in [0.3, 0.4) is 0 Å². The fourth-order valence-corrected chi connectivity index (χ4v) is 11.9. The normalized spacial score (nSPS) is 14.5. The fourth-order valence-electron chi connectivity index (χ4n) is 11.9. The topological polar surface area (TPSA) is 9.86 Å². The van der Waals surface area contributed by atoms with E-state index in [4.69, 9.17) is 0 Å². The van der Waals surface area contributed by atoms with Crippen molar-refractivity contribution < 1.29 is 0 Å². The first-order chi connectivity index (χ1) is 29.1. The Morgan fingerprint density at radius 1 is 0.356 bits per heavy atom. The van der Waals surface area contributed by atoms with Crippen molar-refractivity contribution in [2.24, 2.45) is 14.1 Å². The van der Waals surface area contributed by atoms with E-state index in [9.17, 15) is 0 Å². The molecule has 0 atom stereocenters. The quantitative estimate of drug-likeness (QED) is 0.159. The summed E-state index contributed by atoms with van der Waals surface area (Å²) in [6.07, 6.45) is 4.92. The second-order valence-electron chi connectivity index (χ2n) is 17.2. The molecule has 0 unspecified atom stereocenters. The average molecular weight is 755 g/mol. The molecular weight excluding hydrogens is 713 g/mol. The number of hydrogen-bond donors (Lipinski definition) is 0. The van der Waals surface area contributed by atoms with Gasteiger partial charge in [-0.15, -0.1) is 0 Å². The van der Waals surface area contributed by atoms with Gasteiger partial charge in [0.1, 0.15) is 0 Å². The van der Waals surface area contributed by atoms with Gasteiger partial charge in [-0.3, -0.25) is 0 Å². The molecule has 11 aromatic rings. The largest absolute Gasteiger partial charge is 0.344 e. The standard InChI is InChI=1S/C57H42N2/c1-58-51-24-7-4-15-40(51)48-32-35(26-28-53(48)58)37-17-11-19-42-46(37)34-47-38(36-27-29-54-49(33-36)41-16-5-8-25-52(41)59(54)2)18-12-20-43(47)55(42)45-22-13-21-44-39-14-3-6-23-50(39)57(56(44)45)30-9-10-31-57/h3-8,11-29,32-34H,9-10,30-31H2,1-2H3. The number of benzene rings is 9. The molecule has 0 bridgehead atoms. The first-order valence-electron chi connectivity index (χ1n) is 21.3. The maximum Gasteiger partial charge on any atom is 0.0489 e. The Balaban J connectivity index is 1.15. The molecule has 2 aliphatic carbocycles. The summed E-state index contributed by atoms with van der Waals surface area (Å²) < 4.78 is 4.66. The van der Waals surface area contributed by atoms with E-state index in [1.54, 1.807) is 0 Å². The molecule has 1 fully saturated rings. The minimum atomic E-state index is 0.0328. The van der Waals surface area contributed by atoms with E-state index in [0.717, 1.165) is 0 Å². The molecule has 0 amide bonds. The summed E-state index contributed by atoms with van der Waals surface area (Å²) in [7, 11) is 4.37. The highest BCUT2D eigenvalue weighted by Crippen LogP contribution is 2.60. The number of rotatable bonds is 3. The monoisotopic (exact) mass is 754 g/mol. The third-order valence-electron chi connectivity index (χ3n) is 14.5. The van der Waals surface area contributed by atoms with Gasteiger partial charge < -0.3 is 9.13 Å². The molecule has 0 N–H and O–H groups in total. The van der Waals surface area contributed by atoms with Gasteiger partial charge in [0.15, 0.2) is 0 Å². The molecule has 1 spiro atoms. The van der Waals surface area contributed by atoms with Crippen LogP contribution < -0.4 is 0 Å². The Kier molecular flexibility index (Phi) is 6.77. The number of nitrogens with zero attached hydrogens (tertiary/aromatic N) is 2. The van der Waals surface area contributed by atoms with Crippen LogP contribution in [0.1, 0.15) is 36.8 Å². The summed E-state index contributed by atoms with van der Waals surface area (Å²) in [5.41, 5.74) is 18.8. The van der Waals surface area contributed by atoms with Gasteiger partial charge in [0.2, 0.25) is 0 Å². The molecule has 1 saturated carbocycles. The fraction of sp³-hybridized carbons (Fsp3) is 0.123. The lowest BCUT2D eigenvalue weighted by molar-refractivity contribution is 0.551. The van der Waals surface area contributed by atoms with E-state index in [1.165, 1.54) is 146 Å². The van der Waals surface area contributed by atoms with E-state index in [-0.39, 0.29) is 5.41 Å². The molecule has 2 aliphatic rings. The molecule has 0 saturated heterocycles.